The standard InChI is InChI=1S/C16H32N2O2S/c1-14(2)11-18(12-16-9-6-10-17-16)21(19,20)13-15-7-4-3-5-8-15/h14-17H,3-13H2,1-2H3. The molecule has 1 saturated carbocycles. The van der Waals surface area contributed by atoms with Crippen molar-refractivity contribution in [2.24, 2.45) is 11.8 Å². The van der Waals surface area contributed by atoms with Crippen LogP contribution in [0, 0.1) is 11.8 Å². The van der Waals surface area contributed by atoms with E-state index in [4.69, 9.17) is 0 Å². The number of hydrogen-bond acceptors (Lipinski definition) is 3. The molecule has 0 radical (unpaired) electrons. The predicted molar refractivity (Wildman–Crippen MR) is 87.8 cm³/mol. The SMILES string of the molecule is CC(C)CN(CC1CCCN1)S(=O)(=O)CC1CCCCC1. The number of nitrogens with zero attached hydrogens (tertiary/aromatic N) is 1. The second-order valence-electron chi connectivity index (χ2n) is 7.29. The van der Waals surface area contributed by atoms with Crippen molar-refractivity contribution in [3.8, 4) is 0 Å². The van der Waals surface area contributed by atoms with E-state index < -0.39 is 10.0 Å². The highest BCUT2D eigenvalue weighted by molar-refractivity contribution is 7.89. The lowest BCUT2D eigenvalue weighted by molar-refractivity contribution is 0.325. The molecule has 1 saturated heterocycles. The molecule has 2 fully saturated rings. The van der Waals surface area contributed by atoms with Crippen molar-refractivity contribution < 1.29 is 8.42 Å². The first-order valence-corrected chi connectivity index (χ1v) is 10.3. The molecule has 0 aromatic rings. The Balaban J connectivity index is 1.98. The van der Waals surface area contributed by atoms with Gasteiger partial charge < -0.3 is 5.32 Å². The van der Waals surface area contributed by atoms with E-state index in [-0.39, 0.29) is 0 Å². The number of sulfonamides is 1. The lowest BCUT2D eigenvalue weighted by Crippen LogP contribution is -2.44. The number of nitrogens with one attached hydrogen (secondary N) is 1. The monoisotopic (exact) mass is 316 g/mol. The zero-order chi connectivity index (χ0) is 15.3. The second kappa shape index (κ2) is 7.93. The van der Waals surface area contributed by atoms with Crippen molar-refractivity contribution in [2.45, 2.75) is 64.8 Å². The molecular weight excluding hydrogens is 284 g/mol. The fourth-order valence-electron chi connectivity index (χ4n) is 3.62. The Kier molecular flexibility index (Phi) is 6.51. The minimum Gasteiger partial charge on any atom is -0.313 e. The summed E-state index contributed by atoms with van der Waals surface area (Å²) in [5, 5.41) is 3.43. The van der Waals surface area contributed by atoms with Gasteiger partial charge in [0.25, 0.3) is 0 Å². The highest BCUT2D eigenvalue weighted by Gasteiger charge is 2.30. The van der Waals surface area contributed by atoms with Gasteiger partial charge in [-0.2, -0.15) is 0 Å². The van der Waals surface area contributed by atoms with Crippen LogP contribution in [0.25, 0.3) is 0 Å². The van der Waals surface area contributed by atoms with E-state index >= 15 is 0 Å². The van der Waals surface area contributed by atoms with E-state index in [0.717, 1.165) is 25.8 Å². The molecule has 5 heteroatoms. The maximum atomic E-state index is 12.8. The van der Waals surface area contributed by atoms with Crippen LogP contribution in [0.4, 0.5) is 0 Å². The van der Waals surface area contributed by atoms with E-state index in [2.05, 4.69) is 19.2 Å². The number of hydrogen-bond donors (Lipinski definition) is 1. The minimum atomic E-state index is -3.11. The fourth-order valence-corrected chi connectivity index (χ4v) is 5.70. The highest BCUT2D eigenvalue weighted by Crippen LogP contribution is 2.26. The largest absolute Gasteiger partial charge is 0.313 e. The Morgan fingerprint density at radius 2 is 1.81 bits per heavy atom. The maximum Gasteiger partial charge on any atom is 0.214 e. The molecule has 0 aromatic heterocycles. The maximum absolute atomic E-state index is 12.8. The summed E-state index contributed by atoms with van der Waals surface area (Å²) in [6.45, 7) is 6.56. The summed E-state index contributed by atoms with van der Waals surface area (Å²) in [4.78, 5) is 0. The van der Waals surface area contributed by atoms with Gasteiger partial charge in [0.05, 0.1) is 5.75 Å². The number of rotatable bonds is 7. The molecule has 0 spiro atoms. The average molecular weight is 317 g/mol. The first-order valence-electron chi connectivity index (χ1n) is 8.68. The summed E-state index contributed by atoms with van der Waals surface area (Å²) in [5.41, 5.74) is 0. The molecule has 21 heavy (non-hydrogen) atoms. The van der Waals surface area contributed by atoms with Gasteiger partial charge in [-0.3, -0.25) is 0 Å². The molecule has 1 N–H and O–H groups in total. The molecule has 2 rings (SSSR count). The third kappa shape index (κ3) is 5.53. The molecular formula is C16H32N2O2S. The van der Waals surface area contributed by atoms with E-state index in [1.807, 2.05) is 0 Å². The van der Waals surface area contributed by atoms with Crippen LogP contribution in [0.15, 0.2) is 0 Å². The summed E-state index contributed by atoms with van der Waals surface area (Å²) >= 11 is 0. The van der Waals surface area contributed by atoms with Gasteiger partial charge in [0.1, 0.15) is 0 Å². The van der Waals surface area contributed by atoms with Crippen molar-refractivity contribution in [1.29, 1.82) is 0 Å². The van der Waals surface area contributed by atoms with Gasteiger partial charge in [-0.15, -0.1) is 0 Å². The molecule has 0 amide bonds. The summed E-state index contributed by atoms with van der Waals surface area (Å²) in [6.07, 6.45) is 8.14. The Morgan fingerprint density at radius 3 is 2.38 bits per heavy atom. The Bertz CT molecular complexity index is 397. The van der Waals surface area contributed by atoms with Crippen molar-refractivity contribution in [3.05, 3.63) is 0 Å². The smallest absolute Gasteiger partial charge is 0.214 e. The van der Waals surface area contributed by atoms with Gasteiger partial charge in [-0.1, -0.05) is 33.1 Å². The quantitative estimate of drug-likeness (QED) is 0.785. The van der Waals surface area contributed by atoms with Gasteiger partial charge in [0.2, 0.25) is 10.0 Å². The van der Waals surface area contributed by atoms with Crippen molar-refractivity contribution >= 4 is 10.0 Å². The predicted octanol–water partition coefficient (Wildman–Crippen LogP) is 2.61. The first kappa shape index (κ1) is 17.2. The third-order valence-corrected chi connectivity index (χ3v) is 6.70. The molecule has 1 aliphatic heterocycles. The molecule has 2 aliphatic rings. The Hall–Kier alpha value is -0.130. The molecule has 1 unspecified atom stereocenters. The van der Waals surface area contributed by atoms with Crippen LogP contribution >= 0.6 is 0 Å². The molecule has 124 valence electrons. The zero-order valence-electron chi connectivity index (χ0n) is 13.7. The van der Waals surface area contributed by atoms with Crippen molar-refractivity contribution in [2.75, 3.05) is 25.4 Å². The molecule has 1 heterocycles. The van der Waals surface area contributed by atoms with E-state index in [0.29, 0.717) is 36.7 Å². The van der Waals surface area contributed by atoms with Gasteiger partial charge in [-0.05, 0) is 44.1 Å². The second-order valence-corrected chi connectivity index (χ2v) is 9.30. The molecule has 0 aromatic carbocycles. The van der Waals surface area contributed by atoms with Crippen LogP contribution in [0.1, 0.15) is 58.8 Å². The van der Waals surface area contributed by atoms with Crippen LogP contribution < -0.4 is 5.32 Å². The Labute approximate surface area is 130 Å². The van der Waals surface area contributed by atoms with Gasteiger partial charge >= 0.3 is 0 Å². The highest BCUT2D eigenvalue weighted by atomic mass is 32.2. The lowest BCUT2D eigenvalue weighted by Gasteiger charge is -2.29. The van der Waals surface area contributed by atoms with Crippen LogP contribution in [0.3, 0.4) is 0 Å². The average Bonchev–Trinajstić information content (AvgIpc) is 2.91. The van der Waals surface area contributed by atoms with E-state index in [1.54, 1.807) is 4.31 Å². The van der Waals surface area contributed by atoms with Crippen molar-refractivity contribution in [1.82, 2.24) is 9.62 Å². The van der Waals surface area contributed by atoms with Gasteiger partial charge in [0, 0.05) is 19.1 Å². The first-order chi connectivity index (χ1) is 9.97. The Morgan fingerprint density at radius 1 is 1.10 bits per heavy atom. The minimum absolute atomic E-state index is 0.352. The van der Waals surface area contributed by atoms with Crippen LogP contribution in [0.2, 0.25) is 0 Å². The zero-order valence-corrected chi connectivity index (χ0v) is 14.5. The summed E-state index contributed by atoms with van der Waals surface area (Å²) in [6, 6.07) is 0.352. The molecule has 0 bridgehead atoms. The molecule has 1 atom stereocenters. The lowest BCUT2D eigenvalue weighted by atomic mass is 9.91. The van der Waals surface area contributed by atoms with Crippen LogP contribution in [-0.2, 0) is 10.0 Å². The molecule has 4 nitrogen and oxygen atoms in total. The van der Waals surface area contributed by atoms with Gasteiger partial charge in [-0.25, -0.2) is 12.7 Å². The summed E-state index contributed by atoms with van der Waals surface area (Å²) in [7, 11) is -3.11. The van der Waals surface area contributed by atoms with E-state index in [9.17, 15) is 8.42 Å². The molecule has 1 aliphatic carbocycles. The third-order valence-electron chi connectivity index (χ3n) is 4.72. The summed E-state index contributed by atoms with van der Waals surface area (Å²) < 4.78 is 27.4. The fraction of sp³-hybridized carbons (Fsp3) is 1.00. The van der Waals surface area contributed by atoms with Crippen LogP contribution in [0.5, 0.6) is 0 Å². The van der Waals surface area contributed by atoms with Crippen molar-refractivity contribution in [3.63, 3.8) is 0 Å². The van der Waals surface area contributed by atoms with Gasteiger partial charge in [0.15, 0.2) is 0 Å². The van der Waals surface area contributed by atoms with Crippen LogP contribution in [-0.4, -0.2) is 44.2 Å². The topological polar surface area (TPSA) is 49.4 Å². The normalized spacial score (nSPS) is 25.0. The summed E-state index contributed by atoms with van der Waals surface area (Å²) in [5.74, 6) is 1.13. The van der Waals surface area contributed by atoms with E-state index in [1.165, 1.54) is 25.7 Å².